The van der Waals surface area contributed by atoms with Gasteiger partial charge >= 0.3 is 0 Å². The predicted octanol–water partition coefficient (Wildman–Crippen LogP) is 1.30. The zero-order valence-electron chi connectivity index (χ0n) is 12.7. The van der Waals surface area contributed by atoms with E-state index in [1.54, 1.807) is 24.3 Å². The second-order valence-electron chi connectivity index (χ2n) is 5.28. The maximum atomic E-state index is 9.99. The summed E-state index contributed by atoms with van der Waals surface area (Å²) in [4.78, 5) is 0. The van der Waals surface area contributed by atoms with Gasteiger partial charge < -0.3 is 26.1 Å². The standard InChI is InChI=1S/C15H25N3O3/c1-3-8-15(2,19)11-17-9-10-21-13-6-4-12(5-7-13)14(16)18-20/h4-7,17,19-20H,3,8-11H2,1-2H3,(H2,16,18). The number of benzene rings is 1. The number of hydrogen-bond donors (Lipinski definition) is 4. The van der Waals surface area contributed by atoms with E-state index in [1.165, 1.54) is 0 Å². The highest BCUT2D eigenvalue weighted by Crippen LogP contribution is 2.12. The Morgan fingerprint density at radius 3 is 2.62 bits per heavy atom. The van der Waals surface area contributed by atoms with Crippen molar-refractivity contribution >= 4 is 5.84 Å². The van der Waals surface area contributed by atoms with Crippen molar-refractivity contribution in [3.63, 3.8) is 0 Å². The summed E-state index contributed by atoms with van der Waals surface area (Å²) in [6, 6.07) is 6.98. The normalized spacial score (nSPS) is 14.7. The van der Waals surface area contributed by atoms with Gasteiger partial charge in [0.15, 0.2) is 5.84 Å². The molecule has 6 nitrogen and oxygen atoms in total. The maximum Gasteiger partial charge on any atom is 0.170 e. The van der Waals surface area contributed by atoms with Crippen LogP contribution in [0.5, 0.6) is 5.75 Å². The van der Waals surface area contributed by atoms with Gasteiger partial charge in [0, 0.05) is 18.7 Å². The Morgan fingerprint density at radius 2 is 2.05 bits per heavy atom. The van der Waals surface area contributed by atoms with Crippen LogP contribution in [-0.4, -0.2) is 41.4 Å². The monoisotopic (exact) mass is 295 g/mol. The van der Waals surface area contributed by atoms with Crippen LogP contribution in [0.2, 0.25) is 0 Å². The summed E-state index contributed by atoms with van der Waals surface area (Å²) in [7, 11) is 0. The molecule has 0 amide bonds. The zero-order valence-corrected chi connectivity index (χ0v) is 12.7. The van der Waals surface area contributed by atoms with Gasteiger partial charge in [0.1, 0.15) is 12.4 Å². The fourth-order valence-corrected chi connectivity index (χ4v) is 2.01. The van der Waals surface area contributed by atoms with Crippen molar-refractivity contribution in [1.29, 1.82) is 0 Å². The molecule has 6 heteroatoms. The van der Waals surface area contributed by atoms with Crippen LogP contribution in [0, 0.1) is 0 Å². The minimum atomic E-state index is -0.669. The third-order valence-electron chi connectivity index (χ3n) is 3.10. The lowest BCUT2D eigenvalue weighted by Crippen LogP contribution is -2.39. The van der Waals surface area contributed by atoms with Gasteiger partial charge in [0.05, 0.1) is 5.60 Å². The van der Waals surface area contributed by atoms with Gasteiger partial charge in [-0.25, -0.2) is 0 Å². The van der Waals surface area contributed by atoms with E-state index in [9.17, 15) is 5.11 Å². The first kappa shape index (κ1) is 17.3. The first-order chi connectivity index (χ1) is 9.98. The van der Waals surface area contributed by atoms with Crippen LogP contribution < -0.4 is 15.8 Å². The van der Waals surface area contributed by atoms with E-state index < -0.39 is 5.60 Å². The molecular weight excluding hydrogens is 270 g/mol. The van der Waals surface area contributed by atoms with Gasteiger partial charge in [-0.2, -0.15) is 0 Å². The molecule has 0 bridgehead atoms. The lowest BCUT2D eigenvalue weighted by Gasteiger charge is -2.23. The molecule has 1 atom stereocenters. The molecule has 0 heterocycles. The van der Waals surface area contributed by atoms with Crippen molar-refractivity contribution in [2.24, 2.45) is 10.9 Å². The lowest BCUT2D eigenvalue weighted by atomic mass is 10.0. The van der Waals surface area contributed by atoms with Crippen LogP contribution in [0.4, 0.5) is 0 Å². The summed E-state index contributed by atoms with van der Waals surface area (Å²) in [6.07, 6.45) is 1.73. The molecule has 0 spiro atoms. The maximum absolute atomic E-state index is 9.99. The first-order valence-electron chi connectivity index (χ1n) is 7.12. The molecule has 0 aliphatic heterocycles. The Kier molecular flexibility index (Phi) is 6.98. The first-order valence-corrected chi connectivity index (χ1v) is 7.12. The number of nitrogens with zero attached hydrogens (tertiary/aromatic N) is 1. The molecule has 0 aliphatic carbocycles. The van der Waals surface area contributed by atoms with Crippen LogP contribution in [-0.2, 0) is 0 Å². The van der Waals surface area contributed by atoms with E-state index >= 15 is 0 Å². The van der Waals surface area contributed by atoms with E-state index in [-0.39, 0.29) is 5.84 Å². The number of rotatable bonds is 9. The van der Waals surface area contributed by atoms with Crippen molar-refractivity contribution in [1.82, 2.24) is 5.32 Å². The molecule has 1 rings (SSSR count). The average Bonchev–Trinajstić information content (AvgIpc) is 2.46. The molecule has 0 aromatic heterocycles. The molecule has 0 saturated heterocycles. The highest BCUT2D eigenvalue weighted by molar-refractivity contribution is 5.97. The molecule has 0 fully saturated rings. The number of oxime groups is 1. The molecular formula is C15H25N3O3. The molecule has 1 aromatic rings. The summed E-state index contributed by atoms with van der Waals surface area (Å²) in [6.45, 7) is 5.59. The van der Waals surface area contributed by atoms with Gasteiger partial charge in [0.2, 0.25) is 0 Å². The molecule has 1 aromatic carbocycles. The Balaban J connectivity index is 2.27. The highest BCUT2D eigenvalue weighted by atomic mass is 16.5. The highest BCUT2D eigenvalue weighted by Gasteiger charge is 2.17. The van der Waals surface area contributed by atoms with E-state index in [4.69, 9.17) is 15.7 Å². The second-order valence-corrected chi connectivity index (χ2v) is 5.28. The summed E-state index contributed by atoms with van der Waals surface area (Å²) in [5.74, 6) is 0.785. The van der Waals surface area contributed by atoms with Gasteiger partial charge in [-0.3, -0.25) is 0 Å². The summed E-state index contributed by atoms with van der Waals surface area (Å²) in [5, 5.41) is 24.7. The average molecular weight is 295 g/mol. The van der Waals surface area contributed by atoms with Gasteiger partial charge in [0.25, 0.3) is 0 Å². The number of ether oxygens (including phenoxy) is 1. The van der Waals surface area contributed by atoms with Gasteiger partial charge in [-0.05, 0) is 37.6 Å². The van der Waals surface area contributed by atoms with E-state index in [0.29, 0.717) is 31.0 Å². The zero-order chi connectivity index (χ0) is 15.7. The van der Waals surface area contributed by atoms with Gasteiger partial charge in [-0.1, -0.05) is 18.5 Å². The number of nitrogens with one attached hydrogen (secondary N) is 1. The summed E-state index contributed by atoms with van der Waals surface area (Å²) in [5.41, 5.74) is 5.44. The Morgan fingerprint density at radius 1 is 1.38 bits per heavy atom. The molecule has 5 N–H and O–H groups in total. The molecule has 0 radical (unpaired) electrons. The molecule has 0 saturated carbocycles. The Bertz CT molecular complexity index is 444. The lowest BCUT2D eigenvalue weighted by molar-refractivity contribution is 0.0494. The SMILES string of the molecule is CCCC(C)(O)CNCCOc1ccc(/C(N)=N/O)cc1. The van der Waals surface area contributed by atoms with Crippen LogP contribution >= 0.6 is 0 Å². The minimum Gasteiger partial charge on any atom is -0.492 e. The Labute approximate surface area is 125 Å². The summed E-state index contributed by atoms with van der Waals surface area (Å²) >= 11 is 0. The van der Waals surface area contributed by atoms with Crippen molar-refractivity contribution in [2.75, 3.05) is 19.7 Å². The van der Waals surface area contributed by atoms with Crippen molar-refractivity contribution in [3.8, 4) is 5.75 Å². The number of nitrogens with two attached hydrogens (primary N) is 1. The molecule has 0 aliphatic rings. The van der Waals surface area contributed by atoms with E-state index in [0.717, 1.165) is 12.8 Å². The Hall–Kier alpha value is -1.79. The van der Waals surface area contributed by atoms with Crippen LogP contribution in [0.15, 0.2) is 29.4 Å². The van der Waals surface area contributed by atoms with Crippen LogP contribution in [0.3, 0.4) is 0 Å². The second kappa shape index (κ2) is 8.49. The number of hydrogen-bond acceptors (Lipinski definition) is 5. The summed E-state index contributed by atoms with van der Waals surface area (Å²) < 4.78 is 5.56. The van der Waals surface area contributed by atoms with Gasteiger partial charge in [-0.15, -0.1) is 0 Å². The third-order valence-corrected chi connectivity index (χ3v) is 3.10. The van der Waals surface area contributed by atoms with Crippen LogP contribution in [0.25, 0.3) is 0 Å². The number of aliphatic hydroxyl groups is 1. The van der Waals surface area contributed by atoms with E-state index in [1.807, 2.05) is 6.92 Å². The van der Waals surface area contributed by atoms with Crippen molar-refractivity contribution < 1.29 is 15.1 Å². The smallest absolute Gasteiger partial charge is 0.170 e. The third kappa shape index (κ3) is 6.46. The molecule has 118 valence electrons. The minimum absolute atomic E-state index is 0.0707. The molecule has 21 heavy (non-hydrogen) atoms. The van der Waals surface area contributed by atoms with Crippen LogP contribution in [0.1, 0.15) is 32.3 Å². The fraction of sp³-hybridized carbons (Fsp3) is 0.533. The largest absolute Gasteiger partial charge is 0.492 e. The fourth-order valence-electron chi connectivity index (χ4n) is 2.01. The predicted molar refractivity (Wildman–Crippen MR) is 82.8 cm³/mol. The number of amidine groups is 1. The van der Waals surface area contributed by atoms with E-state index in [2.05, 4.69) is 17.4 Å². The quantitative estimate of drug-likeness (QED) is 0.181. The van der Waals surface area contributed by atoms with Crippen molar-refractivity contribution in [2.45, 2.75) is 32.3 Å². The van der Waals surface area contributed by atoms with Crippen molar-refractivity contribution in [3.05, 3.63) is 29.8 Å². The molecule has 1 unspecified atom stereocenters. The topological polar surface area (TPSA) is 100 Å².